The van der Waals surface area contributed by atoms with Crippen LogP contribution >= 0.6 is 11.3 Å². The average molecular weight is 470 g/mol. The number of benzene rings is 3. The summed E-state index contributed by atoms with van der Waals surface area (Å²) in [6.45, 7) is 0. The summed E-state index contributed by atoms with van der Waals surface area (Å²) in [5.74, 6) is -1.92. The van der Waals surface area contributed by atoms with Gasteiger partial charge in [0.15, 0.2) is 0 Å². The fourth-order valence-corrected chi connectivity index (χ4v) is 4.33. The molecule has 0 spiro atoms. The zero-order chi connectivity index (χ0) is 24.1. The zero-order valence-corrected chi connectivity index (χ0v) is 18.5. The molecule has 0 unspecified atom stereocenters. The molecule has 0 amide bonds. The maximum Gasteiger partial charge on any atom is 0.346 e. The number of rotatable bonds is 6. The molecule has 0 atom stereocenters. The monoisotopic (exact) mass is 469 g/mol. The SMILES string of the molecule is N#C/C(=C/c1ccc(-c2ccc(C=C(c3ccc(F)cc3)c3ccc(F)cc3)cc2)s1)C(=O)O. The molecule has 3 aromatic carbocycles. The Bertz CT molecular complexity index is 1380. The van der Waals surface area contributed by atoms with Crippen molar-refractivity contribution < 1.29 is 18.7 Å². The topological polar surface area (TPSA) is 61.1 Å². The van der Waals surface area contributed by atoms with E-state index in [1.807, 2.05) is 36.4 Å². The number of hydrogen-bond acceptors (Lipinski definition) is 3. The Labute approximate surface area is 199 Å². The first-order chi connectivity index (χ1) is 16.4. The number of carboxylic acids is 1. The van der Waals surface area contributed by atoms with E-state index >= 15 is 0 Å². The Hall–Kier alpha value is -4.34. The van der Waals surface area contributed by atoms with Gasteiger partial charge >= 0.3 is 5.97 Å². The molecule has 0 saturated heterocycles. The van der Waals surface area contributed by atoms with Gasteiger partial charge in [-0.1, -0.05) is 48.5 Å². The molecular weight excluding hydrogens is 452 g/mol. The standard InChI is InChI=1S/C28H17F2NO2S/c29-23-9-5-19(6-10-23)26(20-7-11-24(30)12-8-20)15-18-1-3-21(4-2-18)27-14-13-25(34-27)16-22(17-31)28(32)33/h1-16H,(H,32,33)/b22-16-. The lowest BCUT2D eigenvalue weighted by molar-refractivity contribution is -0.132. The second-order valence-corrected chi connectivity index (χ2v) is 8.49. The summed E-state index contributed by atoms with van der Waals surface area (Å²) in [4.78, 5) is 12.7. The fraction of sp³-hybridized carbons (Fsp3) is 0. The minimum absolute atomic E-state index is 0.317. The first kappa shape index (κ1) is 22.8. The van der Waals surface area contributed by atoms with Gasteiger partial charge in [0.05, 0.1) is 0 Å². The van der Waals surface area contributed by atoms with Gasteiger partial charge in [-0.05, 0) is 76.4 Å². The Balaban J connectivity index is 1.66. The average Bonchev–Trinajstić information content (AvgIpc) is 3.31. The molecule has 0 radical (unpaired) electrons. The molecule has 0 saturated carbocycles. The summed E-state index contributed by atoms with van der Waals surface area (Å²) in [6, 6.07) is 25.4. The van der Waals surface area contributed by atoms with Crippen molar-refractivity contribution in [2.24, 2.45) is 0 Å². The maximum atomic E-state index is 13.5. The van der Waals surface area contributed by atoms with Crippen LogP contribution in [-0.4, -0.2) is 11.1 Å². The lowest BCUT2D eigenvalue weighted by atomic mass is 9.95. The van der Waals surface area contributed by atoms with Gasteiger partial charge in [-0.25, -0.2) is 13.6 Å². The van der Waals surface area contributed by atoms with Crippen LogP contribution in [0.2, 0.25) is 0 Å². The maximum absolute atomic E-state index is 13.5. The normalized spacial score (nSPS) is 11.0. The minimum Gasteiger partial charge on any atom is -0.477 e. The van der Waals surface area contributed by atoms with Crippen molar-refractivity contribution in [3.8, 4) is 16.5 Å². The van der Waals surface area contributed by atoms with E-state index in [-0.39, 0.29) is 17.2 Å². The highest BCUT2D eigenvalue weighted by Gasteiger charge is 2.09. The van der Waals surface area contributed by atoms with Gasteiger partial charge < -0.3 is 5.11 Å². The van der Waals surface area contributed by atoms with E-state index in [0.717, 1.165) is 32.7 Å². The van der Waals surface area contributed by atoms with Crippen LogP contribution in [0.1, 0.15) is 21.6 Å². The van der Waals surface area contributed by atoms with Crippen LogP contribution in [0.4, 0.5) is 8.78 Å². The van der Waals surface area contributed by atoms with Crippen molar-refractivity contribution in [1.82, 2.24) is 0 Å². The summed E-state index contributed by atoms with van der Waals surface area (Å²) in [5.41, 5.74) is 3.97. The Kier molecular flexibility index (Phi) is 6.77. The molecule has 0 fully saturated rings. The Morgan fingerprint density at radius 2 is 1.35 bits per heavy atom. The van der Waals surface area contributed by atoms with Gasteiger partial charge in [-0.15, -0.1) is 11.3 Å². The van der Waals surface area contributed by atoms with Gasteiger partial charge in [-0.3, -0.25) is 0 Å². The predicted octanol–water partition coefficient (Wildman–Crippen LogP) is 7.27. The van der Waals surface area contributed by atoms with E-state index < -0.39 is 5.97 Å². The predicted molar refractivity (Wildman–Crippen MR) is 131 cm³/mol. The molecule has 3 nitrogen and oxygen atoms in total. The first-order valence-electron chi connectivity index (χ1n) is 10.2. The molecule has 0 aliphatic heterocycles. The molecule has 0 bridgehead atoms. The van der Waals surface area contributed by atoms with Crippen LogP contribution in [-0.2, 0) is 4.79 Å². The van der Waals surface area contributed by atoms with Crippen LogP contribution in [0.15, 0.2) is 90.5 Å². The summed E-state index contributed by atoms with van der Waals surface area (Å²) < 4.78 is 26.9. The van der Waals surface area contributed by atoms with Crippen molar-refractivity contribution in [1.29, 1.82) is 5.26 Å². The van der Waals surface area contributed by atoms with Crippen molar-refractivity contribution in [3.05, 3.63) is 124 Å². The van der Waals surface area contributed by atoms with E-state index in [1.165, 1.54) is 41.7 Å². The van der Waals surface area contributed by atoms with Crippen molar-refractivity contribution >= 4 is 35.0 Å². The van der Waals surface area contributed by atoms with Gasteiger partial charge in [0.25, 0.3) is 0 Å². The molecule has 34 heavy (non-hydrogen) atoms. The Morgan fingerprint density at radius 1 is 0.794 bits per heavy atom. The zero-order valence-electron chi connectivity index (χ0n) is 17.7. The van der Waals surface area contributed by atoms with Crippen LogP contribution < -0.4 is 0 Å². The van der Waals surface area contributed by atoms with Crippen molar-refractivity contribution in [3.63, 3.8) is 0 Å². The van der Waals surface area contributed by atoms with Gasteiger partial charge in [0.2, 0.25) is 0 Å². The third kappa shape index (κ3) is 5.34. The smallest absolute Gasteiger partial charge is 0.346 e. The molecule has 1 aromatic heterocycles. The van der Waals surface area contributed by atoms with E-state index in [2.05, 4.69) is 0 Å². The molecule has 1 heterocycles. The molecule has 4 aromatic rings. The largest absolute Gasteiger partial charge is 0.477 e. The number of aliphatic carboxylic acids is 1. The summed E-state index contributed by atoms with van der Waals surface area (Å²) in [7, 11) is 0. The fourth-order valence-electron chi connectivity index (χ4n) is 3.37. The van der Waals surface area contributed by atoms with Crippen LogP contribution in [0.25, 0.3) is 28.2 Å². The highest BCUT2D eigenvalue weighted by atomic mass is 32.1. The third-order valence-corrected chi connectivity index (χ3v) is 6.16. The lowest BCUT2D eigenvalue weighted by Crippen LogP contribution is -1.96. The van der Waals surface area contributed by atoms with Crippen LogP contribution in [0, 0.1) is 23.0 Å². The van der Waals surface area contributed by atoms with E-state index in [1.54, 1.807) is 36.4 Å². The second-order valence-electron chi connectivity index (χ2n) is 7.37. The highest BCUT2D eigenvalue weighted by Crippen LogP contribution is 2.31. The highest BCUT2D eigenvalue weighted by molar-refractivity contribution is 7.16. The molecular formula is C28H17F2NO2S. The van der Waals surface area contributed by atoms with Gasteiger partial charge in [0.1, 0.15) is 23.3 Å². The van der Waals surface area contributed by atoms with Gasteiger partial charge in [-0.2, -0.15) is 5.26 Å². The molecule has 4 rings (SSSR count). The minimum atomic E-state index is -1.26. The quantitative estimate of drug-likeness (QED) is 0.183. The number of nitrogens with zero attached hydrogens (tertiary/aromatic N) is 1. The van der Waals surface area contributed by atoms with Crippen LogP contribution in [0.3, 0.4) is 0 Å². The number of carbonyl (C=O) groups is 1. The first-order valence-corrected chi connectivity index (χ1v) is 11.0. The third-order valence-electron chi connectivity index (χ3n) is 5.08. The number of nitriles is 1. The summed E-state index contributed by atoms with van der Waals surface area (Å²) in [5, 5.41) is 18.0. The van der Waals surface area contributed by atoms with E-state index in [9.17, 15) is 13.6 Å². The number of hydrogen-bond donors (Lipinski definition) is 1. The summed E-state index contributed by atoms with van der Waals surface area (Å²) in [6.07, 6.45) is 3.31. The molecule has 6 heteroatoms. The van der Waals surface area contributed by atoms with Crippen LogP contribution in [0.5, 0.6) is 0 Å². The molecule has 0 aliphatic carbocycles. The van der Waals surface area contributed by atoms with E-state index in [4.69, 9.17) is 10.4 Å². The molecule has 1 N–H and O–H groups in total. The Morgan fingerprint density at radius 3 is 1.85 bits per heavy atom. The summed E-state index contributed by atoms with van der Waals surface area (Å²) >= 11 is 1.39. The molecule has 166 valence electrons. The number of carboxylic acid groups (broad SMARTS) is 1. The van der Waals surface area contributed by atoms with Crippen molar-refractivity contribution in [2.45, 2.75) is 0 Å². The van der Waals surface area contributed by atoms with Gasteiger partial charge in [0, 0.05) is 9.75 Å². The molecule has 0 aliphatic rings. The number of halogens is 2. The second kappa shape index (κ2) is 10.1. The van der Waals surface area contributed by atoms with Crippen molar-refractivity contribution in [2.75, 3.05) is 0 Å². The number of thiophene rings is 1. The van der Waals surface area contributed by atoms with E-state index in [0.29, 0.717) is 4.88 Å². The lowest BCUT2D eigenvalue weighted by Gasteiger charge is -2.10.